The van der Waals surface area contributed by atoms with Gasteiger partial charge in [-0.1, -0.05) is 0 Å². The van der Waals surface area contributed by atoms with Gasteiger partial charge in [0.15, 0.2) is 11.5 Å². The molecule has 6 heteroatoms. The molecule has 1 aliphatic rings. The van der Waals surface area contributed by atoms with E-state index >= 15 is 0 Å². The van der Waals surface area contributed by atoms with Gasteiger partial charge in [0.05, 0.1) is 20.4 Å². The number of carbonyl (C=O) groups is 1. The quantitative estimate of drug-likeness (QED) is 0.919. The summed E-state index contributed by atoms with van der Waals surface area (Å²) in [7, 11) is 5.03. The van der Waals surface area contributed by atoms with E-state index in [1.54, 1.807) is 37.1 Å². The van der Waals surface area contributed by atoms with Gasteiger partial charge in [-0.2, -0.15) is 5.10 Å². The number of aromatic nitrogens is 2. The number of methoxy groups -OCH3 is 2. The number of anilines is 1. The first-order valence-corrected chi connectivity index (χ1v) is 7.14. The summed E-state index contributed by atoms with van der Waals surface area (Å²) in [5.74, 6) is 1.55. The Kier molecular flexibility index (Phi) is 3.75. The Balaban J connectivity index is 1.65. The topological polar surface area (TPSA) is 65.4 Å². The highest BCUT2D eigenvalue weighted by molar-refractivity contribution is 5.95. The van der Waals surface area contributed by atoms with E-state index in [0.29, 0.717) is 17.2 Å². The van der Waals surface area contributed by atoms with Crippen LogP contribution in [0.25, 0.3) is 0 Å². The molecule has 2 atom stereocenters. The van der Waals surface area contributed by atoms with Crippen molar-refractivity contribution in [3.05, 3.63) is 36.2 Å². The predicted molar refractivity (Wildman–Crippen MR) is 82.2 cm³/mol. The summed E-state index contributed by atoms with van der Waals surface area (Å²) < 4.78 is 12.2. The van der Waals surface area contributed by atoms with Gasteiger partial charge in [-0.05, 0) is 30.0 Å². The van der Waals surface area contributed by atoms with Gasteiger partial charge in [0.25, 0.3) is 0 Å². The minimum Gasteiger partial charge on any atom is -0.493 e. The largest absolute Gasteiger partial charge is 0.493 e. The lowest BCUT2D eigenvalue weighted by Gasteiger charge is -2.10. The van der Waals surface area contributed by atoms with Gasteiger partial charge >= 0.3 is 0 Å². The third kappa shape index (κ3) is 2.77. The van der Waals surface area contributed by atoms with Gasteiger partial charge < -0.3 is 14.8 Å². The Hall–Kier alpha value is -2.50. The monoisotopic (exact) mass is 301 g/mol. The zero-order valence-electron chi connectivity index (χ0n) is 12.9. The molecule has 116 valence electrons. The number of carbonyl (C=O) groups excluding carboxylic acids is 1. The number of hydrogen-bond acceptors (Lipinski definition) is 4. The van der Waals surface area contributed by atoms with Crippen LogP contribution in [0, 0.1) is 5.92 Å². The minimum atomic E-state index is 0.0114. The molecule has 0 unspecified atom stereocenters. The fraction of sp³-hybridized carbons (Fsp3) is 0.375. The summed E-state index contributed by atoms with van der Waals surface area (Å²) in [6.45, 7) is 0. The third-order valence-corrected chi connectivity index (χ3v) is 3.93. The Morgan fingerprint density at radius 1 is 1.32 bits per heavy atom. The van der Waals surface area contributed by atoms with E-state index in [9.17, 15) is 4.79 Å². The highest BCUT2D eigenvalue weighted by Gasteiger charge is 2.44. The number of aryl methyl sites for hydroxylation is 1. The summed E-state index contributed by atoms with van der Waals surface area (Å²) in [4.78, 5) is 12.3. The van der Waals surface area contributed by atoms with Gasteiger partial charge in [0.2, 0.25) is 5.91 Å². The maximum absolute atomic E-state index is 12.3. The van der Waals surface area contributed by atoms with Gasteiger partial charge in [-0.15, -0.1) is 0 Å². The predicted octanol–water partition coefficient (Wildman–Crippen LogP) is 2.18. The zero-order valence-corrected chi connectivity index (χ0v) is 12.9. The summed E-state index contributed by atoms with van der Waals surface area (Å²) in [6.07, 6.45) is 4.66. The average molecular weight is 301 g/mol. The molecule has 2 aromatic rings. The number of nitrogens with one attached hydrogen (secondary N) is 1. The lowest BCUT2D eigenvalue weighted by atomic mass is 10.2. The fourth-order valence-corrected chi connectivity index (χ4v) is 2.63. The number of benzene rings is 1. The molecule has 1 amide bonds. The Morgan fingerprint density at radius 3 is 2.73 bits per heavy atom. The molecule has 1 aromatic carbocycles. The fourth-order valence-electron chi connectivity index (χ4n) is 2.63. The summed E-state index contributed by atoms with van der Waals surface area (Å²) in [5, 5.41) is 7.09. The molecule has 0 bridgehead atoms. The van der Waals surface area contributed by atoms with Crippen LogP contribution in [0.5, 0.6) is 11.5 Å². The van der Waals surface area contributed by atoms with Crippen LogP contribution in [0.4, 0.5) is 5.69 Å². The van der Waals surface area contributed by atoms with E-state index in [1.165, 1.54) is 0 Å². The first-order valence-electron chi connectivity index (χ1n) is 7.14. The number of ether oxygens (including phenoxy) is 2. The standard InChI is InChI=1S/C16H19N3O3/c1-19-9-10(8-17-19)12-7-13(12)16(20)18-11-4-5-14(21-2)15(6-11)22-3/h4-6,8-9,12-13H,7H2,1-3H3,(H,18,20)/t12-,13+/m0/s1. The van der Waals surface area contributed by atoms with Crippen molar-refractivity contribution in [2.75, 3.05) is 19.5 Å². The second kappa shape index (κ2) is 5.71. The Bertz CT molecular complexity index is 696. The van der Waals surface area contributed by atoms with Gasteiger partial charge in [0.1, 0.15) is 0 Å². The van der Waals surface area contributed by atoms with E-state index in [0.717, 1.165) is 12.0 Å². The molecule has 1 saturated carbocycles. The molecule has 0 aliphatic heterocycles. The molecule has 1 aliphatic carbocycles. The summed E-state index contributed by atoms with van der Waals surface area (Å²) in [6, 6.07) is 5.35. The maximum atomic E-state index is 12.3. The lowest BCUT2D eigenvalue weighted by Crippen LogP contribution is -2.14. The van der Waals surface area contributed by atoms with E-state index in [-0.39, 0.29) is 17.7 Å². The number of amides is 1. The van der Waals surface area contributed by atoms with Crippen molar-refractivity contribution in [2.24, 2.45) is 13.0 Å². The van der Waals surface area contributed by atoms with Crippen LogP contribution < -0.4 is 14.8 Å². The molecule has 22 heavy (non-hydrogen) atoms. The zero-order chi connectivity index (χ0) is 15.7. The highest BCUT2D eigenvalue weighted by atomic mass is 16.5. The van der Waals surface area contributed by atoms with Crippen LogP contribution in [-0.4, -0.2) is 29.9 Å². The highest BCUT2D eigenvalue weighted by Crippen LogP contribution is 2.48. The van der Waals surface area contributed by atoms with E-state index in [2.05, 4.69) is 10.4 Å². The molecule has 1 N–H and O–H groups in total. The van der Waals surface area contributed by atoms with Crippen molar-refractivity contribution in [3.63, 3.8) is 0 Å². The number of nitrogens with zero attached hydrogens (tertiary/aromatic N) is 2. The van der Waals surface area contributed by atoms with Crippen LogP contribution in [0.1, 0.15) is 17.9 Å². The molecule has 1 fully saturated rings. The van der Waals surface area contributed by atoms with Crippen molar-refractivity contribution < 1.29 is 14.3 Å². The van der Waals surface area contributed by atoms with Crippen molar-refractivity contribution in [1.82, 2.24) is 9.78 Å². The third-order valence-electron chi connectivity index (χ3n) is 3.93. The van der Waals surface area contributed by atoms with Crippen LogP contribution >= 0.6 is 0 Å². The number of rotatable bonds is 5. The smallest absolute Gasteiger partial charge is 0.228 e. The molecule has 0 radical (unpaired) electrons. The van der Waals surface area contributed by atoms with E-state index in [1.807, 2.05) is 19.4 Å². The molecule has 0 spiro atoms. The van der Waals surface area contributed by atoms with Crippen LogP contribution in [-0.2, 0) is 11.8 Å². The van der Waals surface area contributed by atoms with E-state index in [4.69, 9.17) is 9.47 Å². The molecule has 1 heterocycles. The lowest BCUT2D eigenvalue weighted by molar-refractivity contribution is -0.117. The first-order chi connectivity index (χ1) is 10.6. The van der Waals surface area contributed by atoms with Crippen molar-refractivity contribution >= 4 is 11.6 Å². The molecule has 3 rings (SSSR count). The first kappa shape index (κ1) is 14.4. The number of hydrogen-bond donors (Lipinski definition) is 1. The van der Waals surface area contributed by atoms with Crippen LogP contribution in [0.15, 0.2) is 30.6 Å². The minimum absolute atomic E-state index is 0.0114. The normalized spacial score (nSPS) is 19.6. The van der Waals surface area contributed by atoms with Gasteiger partial charge in [-0.25, -0.2) is 0 Å². The van der Waals surface area contributed by atoms with Crippen molar-refractivity contribution in [3.8, 4) is 11.5 Å². The van der Waals surface area contributed by atoms with Gasteiger partial charge in [-0.3, -0.25) is 9.48 Å². The summed E-state index contributed by atoms with van der Waals surface area (Å²) in [5.41, 5.74) is 1.83. The summed E-state index contributed by atoms with van der Waals surface area (Å²) >= 11 is 0. The molecule has 0 saturated heterocycles. The average Bonchev–Trinajstić information content (AvgIpc) is 3.22. The second-order valence-corrected chi connectivity index (χ2v) is 5.46. The Morgan fingerprint density at radius 2 is 2.09 bits per heavy atom. The molecule has 1 aromatic heterocycles. The molecular weight excluding hydrogens is 282 g/mol. The van der Waals surface area contributed by atoms with Crippen LogP contribution in [0.2, 0.25) is 0 Å². The molecular formula is C16H19N3O3. The SMILES string of the molecule is COc1ccc(NC(=O)[C@@H]2C[C@H]2c2cnn(C)c2)cc1OC. The van der Waals surface area contributed by atoms with Crippen LogP contribution in [0.3, 0.4) is 0 Å². The van der Waals surface area contributed by atoms with Crippen molar-refractivity contribution in [1.29, 1.82) is 0 Å². The van der Waals surface area contributed by atoms with Crippen molar-refractivity contribution in [2.45, 2.75) is 12.3 Å². The van der Waals surface area contributed by atoms with Gasteiger partial charge in [0, 0.05) is 30.9 Å². The Labute approximate surface area is 129 Å². The maximum Gasteiger partial charge on any atom is 0.228 e. The molecule has 6 nitrogen and oxygen atoms in total. The van der Waals surface area contributed by atoms with E-state index < -0.39 is 0 Å². The second-order valence-electron chi connectivity index (χ2n) is 5.46.